The number of anilines is 2. The summed E-state index contributed by atoms with van der Waals surface area (Å²) in [5.41, 5.74) is 0.651. The summed E-state index contributed by atoms with van der Waals surface area (Å²) in [5.74, 6) is -1.12. The Morgan fingerprint density at radius 3 is 2.89 bits per heavy atom. The van der Waals surface area contributed by atoms with E-state index in [1.54, 1.807) is 6.07 Å². The molecule has 3 rings (SSSR count). The summed E-state index contributed by atoms with van der Waals surface area (Å²) in [7, 11) is 0. The second kappa shape index (κ2) is 3.71. The molecule has 0 aliphatic carbocycles. The van der Waals surface area contributed by atoms with Gasteiger partial charge >= 0.3 is 5.97 Å². The third-order valence-corrected chi connectivity index (χ3v) is 3.34. The van der Waals surface area contributed by atoms with Crippen LogP contribution in [0.1, 0.15) is 16.8 Å². The Morgan fingerprint density at radius 2 is 2.22 bits per heavy atom. The van der Waals surface area contributed by atoms with E-state index in [1.807, 2.05) is 0 Å². The minimum absolute atomic E-state index is 0.129. The lowest BCUT2D eigenvalue weighted by molar-refractivity contribution is -0.120. The number of nitrogens with one attached hydrogen (secondary N) is 2. The lowest BCUT2D eigenvalue weighted by Gasteiger charge is -2.34. The highest BCUT2D eigenvalue weighted by molar-refractivity contribution is 6.07. The molecule has 1 saturated heterocycles. The molecule has 6 heteroatoms. The maximum Gasteiger partial charge on any atom is 0.335 e. The van der Waals surface area contributed by atoms with Crippen LogP contribution in [0.5, 0.6) is 0 Å². The summed E-state index contributed by atoms with van der Waals surface area (Å²) in [6.45, 7) is 0.823. The van der Waals surface area contributed by atoms with Crippen LogP contribution < -0.4 is 10.6 Å². The van der Waals surface area contributed by atoms with Gasteiger partial charge in [-0.05, 0) is 18.2 Å². The normalized spacial score (nSPS) is 25.4. The fraction of sp³-hybridized carbons (Fsp3) is 0.333. The van der Waals surface area contributed by atoms with Gasteiger partial charge in [-0.1, -0.05) is 0 Å². The molecule has 2 heterocycles. The number of hydrogen-bond donors (Lipinski definition) is 3. The number of carbonyl (C=O) groups excluding carboxylic acids is 1. The monoisotopic (exact) mass is 248 g/mol. The van der Waals surface area contributed by atoms with Gasteiger partial charge in [0.2, 0.25) is 0 Å². The van der Waals surface area contributed by atoms with Crippen molar-refractivity contribution >= 4 is 23.3 Å². The molecule has 1 aromatic carbocycles. The van der Waals surface area contributed by atoms with Gasteiger partial charge in [-0.3, -0.25) is 4.79 Å². The van der Waals surface area contributed by atoms with Crippen molar-refractivity contribution in [3.05, 3.63) is 23.8 Å². The van der Waals surface area contributed by atoms with Crippen LogP contribution in [0.25, 0.3) is 0 Å². The maximum atomic E-state index is 12.0. The molecule has 18 heavy (non-hydrogen) atoms. The van der Waals surface area contributed by atoms with Crippen molar-refractivity contribution in [2.45, 2.75) is 12.0 Å². The Balaban J connectivity index is 2.01. The van der Waals surface area contributed by atoms with Crippen LogP contribution in [0.4, 0.5) is 11.4 Å². The van der Waals surface area contributed by atoms with E-state index < -0.39 is 11.5 Å². The number of carboxylic acid groups (broad SMARTS) is 1. The first-order valence-electron chi connectivity index (χ1n) is 5.65. The van der Waals surface area contributed by atoms with E-state index in [4.69, 9.17) is 9.84 Å². The van der Waals surface area contributed by atoms with Crippen LogP contribution in [-0.4, -0.2) is 35.7 Å². The topological polar surface area (TPSA) is 87.7 Å². The molecule has 6 nitrogen and oxygen atoms in total. The Bertz CT molecular complexity index is 535. The Morgan fingerprint density at radius 1 is 1.39 bits per heavy atom. The average molecular weight is 248 g/mol. The van der Waals surface area contributed by atoms with Crippen LogP contribution in [-0.2, 0) is 9.53 Å². The number of rotatable bonds is 1. The van der Waals surface area contributed by atoms with Gasteiger partial charge in [-0.15, -0.1) is 0 Å². The van der Waals surface area contributed by atoms with Crippen molar-refractivity contribution < 1.29 is 19.4 Å². The molecular weight excluding hydrogens is 236 g/mol. The van der Waals surface area contributed by atoms with Gasteiger partial charge in [0.05, 0.1) is 23.5 Å². The van der Waals surface area contributed by atoms with Gasteiger partial charge in [0.25, 0.3) is 5.91 Å². The van der Waals surface area contributed by atoms with Crippen LogP contribution in [0.15, 0.2) is 18.2 Å². The number of aromatic carboxylic acids is 1. The first-order chi connectivity index (χ1) is 8.61. The first-order valence-corrected chi connectivity index (χ1v) is 5.65. The minimum atomic E-state index is -0.992. The van der Waals surface area contributed by atoms with Crippen molar-refractivity contribution in [3.63, 3.8) is 0 Å². The second-order valence-corrected chi connectivity index (χ2v) is 4.53. The van der Waals surface area contributed by atoms with Gasteiger partial charge in [0.1, 0.15) is 5.54 Å². The summed E-state index contributed by atoms with van der Waals surface area (Å²) < 4.78 is 5.26. The van der Waals surface area contributed by atoms with Crippen molar-refractivity contribution in [1.82, 2.24) is 0 Å². The Hall–Kier alpha value is -2.08. The highest BCUT2D eigenvalue weighted by Crippen LogP contribution is 2.35. The number of fused-ring (bicyclic) bond motifs is 1. The van der Waals surface area contributed by atoms with Gasteiger partial charge in [-0.2, -0.15) is 0 Å². The van der Waals surface area contributed by atoms with Crippen LogP contribution in [0.2, 0.25) is 0 Å². The van der Waals surface area contributed by atoms with E-state index in [1.165, 1.54) is 12.1 Å². The van der Waals surface area contributed by atoms with E-state index in [0.717, 1.165) is 0 Å². The molecule has 0 saturated carbocycles. The fourth-order valence-corrected chi connectivity index (χ4v) is 2.29. The zero-order chi connectivity index (χ0) is 12.8. The maximum absolute atomic E-state index is 12.0. The molecule has 2 aliphatic rings. The third-order valence-electron chi connectivity index (χ3n) is 3.34. The van der Waals surface area contributed by atoms with Crippen LogP contribution in [0, 0.1) is 0 Å². The van der Waals surface area contributed by atoms with Gasteiger partial charge in [0.15, 0.2) is 0 Å². The van der Waals surface area contributed by atoms with E-state index in [9.17, 15) is 9.59 Å². The number of ether oxygens (including phenoxy) is 1. The second-order valence-electron chi connectivity index (χ2n) is 4.53. The van der Waals surface area contributed by atoms with E-state index >= 15 is 0 Å². The molecule has 1 amide bonds. The number of carboxylic acids is 1. The highest BCUT2D eigenvalue weighted by atomic mass is 16.5. The number of carbonyl (C=O) groups is 2. The van der Waals surface area contributed by atoms with E-state index in [0.29, 0.717) is 31.0 Å². The molecule has 1 atom stereocenters. The molecule has 1 spiro atoms. The molecule has 0 radical (unpaired) electrons. The molecular formula is C12H12N2O4. The average Bonchev–Trinajstić information content (AvgIpc) is 2.79. The summed E-state index contributed by atoms with van der Waals surface area (Å²) in [5, 5.41) is 14.9. The van der Waals surface area contributed by atoms with Crippen molar-refractivity contribution in [2.75, 3.05) is 23.8 Å². The summed E-state index contributed by atoms with van der Waals surface area (Å²) in [6.07, 6.45) is 0.579. The predicted octanol–water partition coefficient (Wildman–Crippen LogP) is 0.908. The predicted molar refractivity (Wildman–Crippen MR) is 63.8 cm³/mol. The molecule has 0 aromatic heterocycles. The summed E-state index contributed by atoms with van der Waals surface area (Å²) in [6, 6.07) is 4.58. The fourth-order valence-electron chi connectivity index (χ4n) is 2.29. The van der Waals surface area contributed by atoms with Gasteiger partial charge in [-0.25, -0.2) is 4.79 Å². The highest BCUT2D eigenvalue weighted by Gasteiger charge is 2.45. The van der Waals surface area contributed by atoms with E-state index in [-0.39, 0.29) is 11.5 Å². The minimum Gasteiger partial charge on any atom is -0.478 e. The molecule has 1 fully saturated rings. The van der Waals surface area contributed by atoms with Crippen molar-refractivity contribution in [2.24, 2.45) is 0 Å². The molecule has 1 aromatic rings. The van der Waals surface area contributed by atoms with Crippen molar-refractivity contribution in [1.29, 1.82) is 0 Å². The standard InChI is InChI=1S/C12H12N2O4/c15-10(16)7-1-2-8-9(5-7)14-12(11(17)13-8)3-4-18-6-12/h1-2,5,14H,3-4,6H2,(H,13,17)(H,15,16). The molecule has 3 N–H and O–H groups in total. The Labute approximate surface area is 103 Å². The molecule has 2 aliphatic heterocycles. The van der Waals surface area contributed by atoms with Crippen LogP contribution in [0.3, 0.4) is 0 Å². The number of amides is 1. The molecule has 1 unspecified atom stereocenters. The summed E-state index contributed by atoms with van der Waals surface area (Å²) >= 11 is 0. The molecule has 0 bridgehead atoms. The zero-order valence-corrected chi connectivity index (χ0v) is 9.53. The third kappa shape index (κ3) is 1.53. The summed E-state index contributed by atoms with van der Waals surface area (Å²) in [4.78, 5) is 23.0. The lowest BCUT2D eigenvalue weighted by atomic mass is 9.93. The zero-order valence-electron chi connectivity index (χ0n) is 9.53. The van der Waals surface area contributed by atoms with E-state index in [2.05, 4.69) is 10.6 Å². The first kappa shape index (κ1) is 11.0. The number of benzene rings is 1. The molecule has 94 valence electrons. The van der Waals surface area contributed by atoms with Gasteiger partial charge < -0.3 is 20.5 Å². The largest absolute Gasteiger partial charge is 0.478 e. The van der Waals surface area contributed by atoms with Crippen molar-refractivity contribution in [3.8, 4) is 0 Å². The Kier molecular flexibility index (Phi) is 2.27. The lowest BCUT2D eigenvalue weighted by Crippen LogP contribution is -2.53. The number of hydrogen-bond acceptors (Lipinski definition) is 4. The smallest absolute Gasteiger partial charge is 0.335 e. The quantitative estimate of drug-likeness (QED) is 0.687. The SMILES string of the molecule is O=C(O)c1ccc2c(c1)NC1(CCOC1)C(=O)N2. The van der Waals surface area contributed by atoms with Gasteiger partial charge in [0, 0.05) is 13.0 Å². The van der Waals surface area contributed by atoms with Crippen LogP contribution >= 0.6 is 0 Å².